The van der Waals surface area contributed by atoms with E-state index in [0.717, 1.165) is 43.5 Å². The van der Waals surface area contributed by atoms with Crippen molar-refractivity contribution in [3.8, 4) is 5.75 Å². The van der Waals surface area contributed by atoms with Crippen molar-refractivity contribution in [2.24, 2.45) is 0 Å². The van der Waals surface area contributed by atoms with E-state index in [1.54, 1.807) is 31.4 Å². The third-order valence-corrected chi connectivity index (χ3v) is 6.55. The molecular weight excluding hydrogens is 456 g/mol. The van der Waals surface area contributed by atoms with Crippen LogP contribution in [0.15, 0.2) is 61.4 Å². The van der Waals surface area contributed by atoms with Crippen LogP contribution >= 0.6 is 0 Å². The number of benzene rings is 2. The van der Waals surface area contributed by atoms with Gasteiger partial charge in [-0.15, -0.1) is 0 Å². The second-order valence-electron chi connectivity index (χ2n) is 9.16. The van der Waals surface area contributed by atoms with Gasteiger partial charge in [0.2, 0.25) is 5.91 Å². The highest BCUT2D eigenvalue weighted by Gasteiger charge is 2.26. The van der Waals surface area contributed by atoms with Gasteiger partial charge in [0, 0.05) is 31.4 Å². The lowest BCUT2D eigenvalue weighted by Crippen LogP contribution is -2.46. The molecule has 0 bridgehead atoms. The monoisotopic (exact) mass is 494 g/mol. The van der Waals surface area contributed by atoms with Crippen LogP contribution < -0.4 is 10.1 Å². The summed E-state index contributed by atoms with van der Waals surface area (Å²) in [5.74, 6) is 0.543. The van der Waals surface area contributed by atoms with Crippen LogP contribution in [-0.4, -0.2) is 61.1 Å². The molecule has 0 radical (unpaired) electrons. The van der Waals surface area contributed by atoms with Crippen molar-refractivity contribution in [1.82, 2.24) is 10.2 Å². The van der Waals surface area contributed by atoms with Gasteiger partial charge in [0.1, 0.15) is 11.9 Å². The summed E-state index contributed by atoms with van der Waals surface area (Å²) in [7, 11) is 1.58. The number of nitrogens with one attached hydrogen (secondary N) is 1. The van der Waals surface area contributed by atoms with Crippen molar-refractivity contribution >= 4 is 11.7 Å². The van der Waals surface area contributed by atoms with Crippen LogP contribution in [0.25, 0.3) is 0 Å². The van der Waals surface area contributed by atoms with Crippen LogP contribution in [0.5, 0.6) is 5.75 Å². The van der Waals surface area contributed by atoms with Gasteiger partial charge in [0.05, 0.1) is 26.0 Å². The first-order chi connectivity index (χ1) is 17.5. The summed E-state index contributed by atoms with van der Waals surface area (Å²) in [6.07, 6.45) is 4.59. The zero-order chi connectivity index (χ0) is 25.8. The smallest absolute Gasteiger partial charge is 0.220 e. The number of likely N-dealkylation sites (tertiary alicyclic amines) is 1. The Kier molecular flexibility index (Phi) is 11.0. The Morgan fingerprint density at radius 3 is 2.42 bits per heavy atom. The first-order valence-electron chi connectivity index (χ1n) is 12.7. The molecule has 0 saturated carbocycles. The molecule has 0 unspecified atom stereocenters. The number of rotatable bonds is 15. The van der Waals surface area contributed by atoms with Crippen LogP contribution in [-0.2, 0) is 16.0 Å². The number of hydrogen-bond acceptors (Lipinski definition) is 6. The molecule has 1 heterocycles. The van der Waals surface area contributed by atoms with Gasteiger partial charge in [0.15, 0.2) is 5.78 Å². The van der Waals surface area contributed by atoms with E-state index < -0.39 is 12.1 Å². The molecule has 1 aliphatic heterocycles. The maximum Gasteiger partial charge on any atom is 0.220 e. The Hall–Kier alpha value is -3.16. The van der Waals surface area contributed by atoms with Crippen LogP contribution in [0.2, 0.25) is 0 Å². The lowest BCUT2D eigenvalue weighted by Gasteiger charge is -2.29. The number of ketones is 1. The molecule has 3 rings (SSSR count). The summed E-state index contributed by atoms with van der Waals surface area (Å²) in [5.41, 5.74) is 2.48. The molecule has 2 aromatic rings. The van der Waals surface area contributed by atoms with E-state index in [1.165, 1.54) is 6.26 Å². The molecule has 0 spiro atoms. The highest BCUT2D eigenvalue weighted by atomic mass is 16.5. The minimum atomic E-state index is -0.825. The van der Waals surface area contributed by atoms with Gasteiger partial charge in [-0.25, -0.2) is 0 Å². The Morgan fingerprint density at radius 1 is 1.08 bits per heavy atom. The van der Waals surface area contributed by atoms with Crippen molar-refractivity contribution in [2.75, 3.05) is 33.4 Å². The van der Waals surface area contributed by atoms with Gasteiger partial charge in [-0.2, -0.15) is 0 Å². The molecule has 1 aliphatic rings. The summed E-state index contributed by atoms with van der Waals surface area (Å²) >= 11 is 0. The standard InChI is InChI=1S/C29H38N2O5/c1-3-36-20-17-22-9-11-24(12-10-22)29(34)26(21-31-18-4-5-19-31)30-28(33)8-6-7-27(32)23-13-15-25(35-2)16-14-23/h3,9-16,26,29,34H,1,4-8,17-21H2,2H3,(H,30,33)/t26-,29-/m1/s1. The number of carbonyl (C=O) groups excluding carboxylic acids is 2. The second-order valence-corrected chi connectivity index (χ2v) is 9.16. The SMILES string of the molecule is C=COCCc1ccc([C@@H](O)[C@@H](CN2CCCC2)NC(=O)CCCC(=O)c2ccc(OC)cc2)cc1. The fourth-order valence-corrected chi connectivity index (χ4v) is 4.45. The molecule has 7 nitrogen and oxygen atoms in total. The molecule has 0 aromatic heterocycles. The Labute approximate surface area is 214 Å². The minimum absolute atomic E-state index is 0.00214. The van der Waals surface area contributed by atoms with E-state index in [9.17, 15) is 14.7 Å². The number of nitrogens with zero attached hydrogens (tertiary/aromatic N) is 1. The van der Waals surface area contributed by atoms with E-state index in [2.05, 4.69) is 16.8 Å². The average molecular weight is 495 g/mol. The van der Waals surface area contributed by atoms with Crippen molar-refractivity contribution in [3.63, 3.8) is 0 Å². The Bertz CT molecular complexity index is 968. The molecule has 1 fully saturated rings. The zero-order valence-electron chi connectivity index (χ0n) is 21.2. The first-order valence-corrected chi connectivity index (χ1v) is 12.7. The predicted molar refractivity (Wildman–Crippen MR) is 140 cm³/mol. The fourth-order valence-electron chi connectivity index (χ4n) is 4.45. The van der Waals surface area contributed by atoms with E-state index in [4.69, 9.17) is 9.47 Å². The third kappa shape index (κ3) is 8.50. The highest BCUT2D eigenvalue weighted by Crippen LogP contribution is 2.21. The van der Waals surface area contributed by atoms with Crippen molar-refractivity contribution in [1.29, 1.82) is 0 Å². The van der Waals surface area contributed by atoms with E-state index in [1.807, 2.05) is 24.3 Å². The van der Waals surface area contributed by atoms with Gasteiger partial charge < -0.3 is 24.8 Å². The lowest BCUT2D eigenvalue weighted by molar-refractivity contribution is -0.123. The van der Waals surface area contributed by atoms with Gasteiger partial charge in [-0.3, -0.25) is 9.59 Å². The first kappa shape index (κ1) is 27.4. The zero-order valence-corrected chi connectivity index (χ0v) is 21.2. The summed E-state index contributed by atoms with van der Waals surface area (Å²) in [4.78, 5) is 27.5. The quantitative estimate of drug-likeness (QED) is 0.221. The largest absolute Gasteiger partial charge is 0.501 e. The molecule has 2 N–H and O–H groups in total. The summed E-state index contributed by atoms with van der Waals surface area (Å²) in [6, 6.07) is 14.3. The summed E-state index contributed by atoms with van der Waals surface area (Å²) < 4.78 is 10.3. The van der Waals surface area contributed by atoms with E-state index in [0.29, 0.717) is 30.9 Å². The van der Waals surface area contributed by atoms with Gasteiger partial charge >= 0.3 is 0 Å². The van der Waals surface area contributed by atoms with Crippen LogP contribution in [0.3, 0.4) is 0 Å². The minimum Gasteiger partial charge on any atom is -0.501 e. The molecule has 7 heteroatoms. The van der Waals surface area contributed by atoms with Gasteiger partial charge in [-0.1, -0.05) is 30.8 Å². The number of amides is 1. The molecule has 1 amide bonds. The molecule has 0 aliphatic carbocycles. The highest BCUT2D eigenvalue weighted by molar-refractivity contribution is 5.96. The van der Waals surface area contributed by atoms with Crippen molar-refractivity contribution in [3.05, 3.63) is 78.1 Å². The molecular formula is C29H38N2O5. The lowest BCUT2D eigenvalue weighted by atomic mass is 9.99. The topological polar surface area (TPSA) is 88.1 Å². The number of methoxy groups -OCH3 is 1. The fraction of sp³-hybridized carbons (Fsp3) is 0.448. The summed E-state index contributed by atoms with van der Waals surface area (Å²) in [5, 5.41) is 14.2. The number of Topliss-reactive ketones (excluding diaryl/α,β-unsaturated/α-hetero) is 1. The number of aliphatic hydroxyl groups is 1. The van der Waals surface area contributed by atoms with Crippen molar-refractivity contribution in [2.45, 2.75) is 50.7 Å². The van der Waals surface area contributed by atoms with Crippen LogP contribution in [0.1, 0.15) is 59.7 Å². The molecule has 36 heavy (non-hydrogen) atoms. The summed E-state index contributed by atoms with van der Waals surface area (Å²) in [6.45, 7) is 6.63. The van der Waals surface area contributed by atoms with Gasteiger partial charge in [-0.05, 0) is 67.7 Å². The second kappa shape index (κ2) is 14.4. The van der Waals surface area contributed by atoms with E-state index >= 15 is 0 Å². The maximum absolute atomic E-state index is 12.8. The molecule has 2 aromatic carbocycles. The molecule has 1 saturated heterocycles. The van der Waals surface area contributed by atoms with Crippen LogP contribution in [0, 0.1) is 0 Å². The van der Waals surface area contributed by atoms with Crippen molar-refractivity contribution < 1.29 is 24.2 Å². The Balaban J connectivity index is 1.54. The predicted octanol–water partition coefficient (Wildman–Crippen LogP) is 4.07. The third-order valence-electron chi connectivity index (χ3n) is 6.55. The number of ether oxygens (including phenoxy) is 2. The number of aliphatic hydroxyl groups excluding tert-OH is 1. The average Bonchev–Trinajstić information content (AvgIpc) is 3.41. The normalized spacial score (nSPS) is 15.2. The van der Waals surface area contributed by atoms with E-state index in [-0.39, 0.29) is 24.5 Å². The number of carbonyl (C=O) groups is 2. The Morgan fingerprint density at radius 2 is 1.78 bits per heavy atom. The maximum atomic E-state index is 12.8. The molecule has 2 atom stereocenters. The van der Waals surface area contributed by atoms with Crippen LogP contribution in [0.4, 0.5) is 0 Å². The number of hydrogen-bond donors (Lipinski definition) is 2. The molecule has 194 valence electrons. The van der Waals surface area contributed by atoms with Gasteiger partial charge in [0.25, 0.3) is 0 Å².